The van der Waals surface area contributed by atoms with Crippen molar-refractivity contribution in [1.82, 2.24) is 0 Å². The van der Waals surface area contributed by atoms with Gasteiger partial charge in [-0.1, -0.05) is 47.5 Å². The number of nitrogens with one attached hydrogen (secondary N) is 1. The first-order chi connectivity index (χ1) is 13.4. The molecule has 3 aromatic rings. The Morgan fingerprint density at radius 1 is 0.821 bits per heavy atom. The summed E-state index contributed by atoms with van der Waals surface area (Å²) in [5.41, 5.74) is 2.79. The van der Waals surface area contributed by atoms with Crippen LogP contribution in [0.15, 0.2) is 60.7 Å². The van der Waals surface area contributed by atoms with Gasteiger partial charge >= 0.3 is 5.97 Å². The van der Waals surface area contributed by atoms with Crippen LogP contribution >= 0.6 is 23.2 Å². The van der Waals surface area contributed by atoms with Gasteiger partial charge in [-0.05, 0) is 61.4 Å². The summed E-state index contributed by atoms with van der Waals surface area (Å²) in [4.78, 5) is 25.2. The number of carbonyl (C=O) groups is 2. The first-order valence-corrected chi connectivity index (χ1v) is 9.26. The quantitative estimate of drug-likeness (QED) is 0.416. The zero-order valence-electron chi connectivity index (χ0n) is 15.3. The largest absolute Gasteiger partial charge is 0.421 e. The van der Waals surface area contributed by atoms with Crippen molar-refractivity contribution in [2.45, 2.75) is 13.8 Å². The topological polar surface area (TPSA) is 55.4 Å². The highest BCUT2D eigenvalue weighted by Gasteiger charge is 2.18. The average Bonchev–Trinajstić information content (AvgIpc) is 2.66. The smallest absolute Gasteiger partial charge is 0.345 e. The van der Waals surface area contributed by atoms with Crippen molar-refractivity contribution in [2.24, 2.45) is 0 Å². The second-order valence-corrected chi connectivity index (χ2v) is 7.05. The Morgan fingerprint density at radius 3 is 1.96 bits per heavy atom. The Labute approximate surface area is 173 Å². The molecule has 142 valence electrons. The molecule has 0 saturated heterocycles. The summed E-state index contributed by atoms with van der Waals surface area (Å²) in [5, 5.41) is 3.40. The van der Waals surface area contributed by atoms with Crippen LogP contribution in [0.3, 0.4) is 0 Å². The van der Waals surface area contributed by atoms with Gasteiger partial charge in [0.15, 0.2) is 5.75 Å². The van der Waals surface area contributed by atoms with Crippen LogP contribution in [0.5, 0.6) is 5.75 Å². The zero-order valence-corrected chi connectivity index (χ0v) is 16.8. The Kier molecular flexibility index (Phi) is 6.02. The molecule has 0 unspecified atom stereocenters. The van der Waals surface area contributed by atoms with E-state index in [0.29, 0.717) is 16.3 Å². The predicted molar refractivity (Wildman–Crippen MR) is 112 cm³/mol. The third-order valence-electron chi connectivity index (χ3n) is 4.26. The molecule has 0 aliphatic heterocycles. The Bertz CT molecular complexity index is 979. The molecule has 3 rings (SSSR count). The lowest BCUT2D eigenvalue weighted by Gasteiger charge is -2.15. The van der Waals surface area contributed by atoms with E-state index in [4.69, 9.17) is 27.9 Å². The van der Waals surface area contributed by atoms with Crippen molar-refractivity contribution in [2.75, 3.05) is 5.32 Å². The van der Waals surface area contributed by atoms with Gasteiger partial charge in [0.2, 0.25) is 0 Å². The van der Waals surface area contributed by atoms with Crippen LogP contribution in [0.25, 0.3) is 0 Å². The number of aryl methyl sites for hydroxylation is 2. The molecular weight excluding hydrogens is 397 g/mol. The maximum absolute atomic E-state index is 12.6. The lowest BCUT2D eigenvalue weighted by Crippen LogP contribution is -2.16. The molecule has 0 bridgehead atoms. The second kappa shape index (κ2) is 8.46. The predicted octanol–water partition coefficient (Wildman–Crippen LogP) is 6.08. The van der Waals surface area contributed by atoms with E-state index in [-0.39, 0.29) is 16.3 Å². The van der Waals surface area contributed by atoms with Crippen molar-refractivity contribution < 1.29 is 14.3 Å². The number of benzene rings is 3. The molecule has 0 atom stereocenters. The van der Waals surface area contributed by atoms with Gasteiger partial charge in [-0.25, -0.2) is 4.79 Å². The summed E-state index contributed by atoms with van der Waals surface area (Å²) in [6.45, 7) is 3.79. The standard InChI is InChI=1S/C22H17Cl2NO3/c1-13-11-19(25-21(26)15-7-3-5-9-17(15)23)20(12-14(13)2)28-22(27)16-8-4-6-10-18(16)24/h3-12H,1-2H3,(H,25,26). The van der Waals surface area contributed by atoms with Crippen LogP contribution in [0.4, 0.5) is 5.69 Å². The van der Waals surface area contributed by atoms with Crippen molar-refractivity contribution in [3.63, 3.8) is 0 Å². The van der Waals surface area contributed by atoms with Crippen LogP contribution in [0.1, 0.15) is 31.8 Å². The summed E-state index contributed by atoms with van der Waals surface area (Å²) >= 11 is 12.2. The summed E-state index contributed by atoms with van der Waals surface area (Å²) < 4.78 is 5.54. The van der Waals surface area contributed by atoms with Crippen LogP contribution < -0.4 is 10.1 Å². The highest BCUT2D eigenvalue weighted by Crippen LogP contribution is 2.31. The normalized spacial score (nSPS) is 10.4. The Balaban J connectivity index is 1.93. The number of ether oxygens (including phenoxy) is 1. The molecule has 0 spiro atoms. The van der Waals surface area contributed by atoms with Crippen LogP contribution in [0.2, 0.25) is 10.0 Å². The average molecular weight is 414 g/mol. The third kappa shape index (κ3) is 4.35. The summed E-state index contributed by atoms with van der Waals surface area (Å²) in [6.07, 6.45) is 0. The van der Waals surface area contributed by atoms with E-state index in [1.165, 1.54) is 0 Å². The van der Waals surface area contributed by atoms with E-state index in [1.807, 2.05) is 13.8 Å². The number of hydrogen-bond acceptors (Lipinski definition) is 3. The van der Waals surface area contributed by atoms with Gasteiger partial charge in [0.1, 0.15) is 0 Å². The fourth-order valence-corrected chi connectivity index (χ4v) is 3.02. The molecule has 0 aliphatic rings. The summed E-state index contributed by atoms with van der Waals surface area (Å²) in [6, 6.07) is 16.8. The Hall–Kier alpha value is -2.82. The van der Waals surface area contributed by atoms with Crippen molar-refractivity contribution in [3.8, 4) is 5.75 Å². The summed E-state index contributed by atoms with van der Waals surface area (Å²) in [7, 11) is 0. The fraction of sp³-hybridized carbons (Fsp3) is 0.0909. The van der Waals surface area contributed by atoms with E-state index >= 15 is 0 Å². The fourth-order valence-electron chi connectivity index (χ4n) is 2.59. The Morgan fingerprint density at radius 2 is 1.36 bits per heavy atom. The molecule has 28 heavy (non-hydrogen) atoms. The van der Waals surface area contributed by atoms with E-state index in [1.54, 1.807) is 60.7 Å². The minimum Gasteiger partial charge on any atom is -0.421 e. The number of esters is 1. The van der Waals surface area contributed by atoms with Crippen molar-refractivity contribution in [3.05, 3.63) is 93.0 Å². The highest BCUT2D eigenvalue weighted by atomic mass is 35.5. The number of hydrogen-bond donors (Lipinski definition) is 1. The van der Waals surface area contributed by atoms with Crippen LogP contribution in [-0.2, 0) is 0 Å². The minimum absolute atomic E-state index is 0.230. The molecule has 0 heterocycles. The maximum atomic E-state index is 12.6. The molecule has 4 nitrogen and oxygen atoms in total. The minimum atomic E-state index is -0.609. The molecule has 1 N–H and O–H groups in total. The number of amides is 1. The van der Waals surface area contributed by atoms with Gasteiger partial charge in [-0.3, -0.25) is 4.79 Å². The first kappa shape index (κ1) is 19.9. The lowest BCUT2D eigenvalue weighted by molar-refractivity contribution is 0.0734. The molecule has 0 saturated carbocycles. The van der Waals surface area contributed by atoms with Gasteiger partial charge < -0.3 is 10.1 Å². The van der Waals surface area contributed by atoms with Crippen molar-refractivity contribution in [1.29, 1.82) is 0 Å². The van der Waals surface area contributed by atoms with Gasteiger partial charge in [0, 0.05) is 0 Å². The van der Waals surface area contributed by atoms with Gasteiger partial charge in [-0.15, -0.1) is 0 Å². The molecule has 0 radical (unpaired) electrons. The maximum Gasteiger partial charge on any atom is 0.345 e. The van der Waals surface area contributed by atoms with Crippen molar-refractivity contribution >= 4 is 40.8 Å². The number of carbonyl (C=O) groups excluding carboxylic acids is 2. The molecule has 6 heteroatoms. The van der Waals surface area contributed by atoms with Crippen LogP contribution in [-0.4, -0.2) is 11.9 Å². The SMILES string of the molecule is Cc1cc(NC(=O)c2ccccc2Cl)c(OC(=O)c2ccccc2Cl)cc1C. The van der Waals surface area contributed by atoms with E-state index in [2.05, 4.69) is 5.32 Å². The number of rotatable bonds is 4. The van der Waals surface area contributed by atoms with E-state index in [9.17, 15) is 9.59 Å². The van der Waals surface area contributed by atoms with Gasteiger partial charge in [0.05, 0.1) is 26.9 Å². The lowest BCUT2D eigenvalue weighted by atomic mass is 10.1. The molecule has 3 aromatic carbocycles. The summed E-state index contributed by atoms with van der Waals surface area (Å²) in [5.74, 6) is -0.778. The van der Waals surface area contributed by atoms with Crippen LogP contribution in [0, 0.1) is 13.8 Å². The molecule has 1 amide bonds. The molecular formula is C22H17Cl2NO3. The highest BCUT2D eigenvalue weighted by molar-refractivity contribution is 6.34. The molecule has 0 fully saturated rings. The van der Waals surface area contributed by atoms with E-state index < -0.39 is 11.9 Å². The monoisotopic (exact) mass is 413 g/mol. The first-order valence-electron chi connectivity index (χ1n) is 8.50. The molecule has 0 aliphatic carbocycles. The van der Waals surface area contributed by atoms with Gasteiger partial charge in [0.25, 0.3) is 5.91 Å². The third-order valence-corrected chi connectivity index (χ3v) is 4.92. The number of anilines is 1. The number of halogens is 2. The molecule has 0 aromatic heterocycles. The second-order valence-electron chi connectivity index (χ2n) is 6.24. The van der Waals surface area contributed by atoms with E-state index in [0.717, 1.165) is 11.1 Å². The zero-order chi connectivity index (χ0) is 20.3. The van der Waals surface area contributed by atoms with Gasteiger partial charge in [-0.2, -0.15) is 0 Å².